The number of rotatable bonds is 8. The van der Waals surface area contributed by atoms with Gasteiger partial charge in [-0.2, -0.15) is 0 Å². The van der Waals surface area contributed by atoms with Crippen LogP contribution in [0.1, 0.15) is 51.6 Å². The summed E-state index contributed by atoms with van der Waals surface area (Å²) in [6.07, 6.45) is 3.68. The minimum absolute atomic E-state index is 0.166. The first kappa shape index (κ1) is 16.0. The Labute approximate surface area is 116 Å². The summed E-state index contributed by atoms with van der Waals surface area (Å²) in [6.45, 7) is 7.53. The third kappa shape index (κ3) is 5.60. The SMILES string of the molecule is COc1ccc(C(C)NCCCCC(C)C)cc1F. The fourth-order valence-electron chi connectivity index (χ4n) is 2.07. The van der Waals surface area contributed by atoms with Crippen molar-refractivity contribution in [1.29, 1.82) is 0 Å². The van der Waals surface area contributed by atoms with E-state index in [0.717, 1.165) is 18.0 Å². The van der Waals surface area contributed by atoms with Crippen LogP contribution in [0.3, 0.4) is 0 Å². The van der Waals surface area contributed by atoms with Crippen LogP contribution in [0, 0.1) is 11.7 Å². The molecule has 0 aliphatic carbocycles. The Morgan fingerprint density at radius 1 is 1.21 bits per heavy atom. The van der Waals surface area contributed by atoms with Gasteiger partial charge in [-0.1, -0.05) is 32.8 Å². The molecule has 1 aromatic rings. The van der Waals surface area contributed by atoms with Gasteiger partial charge in [0.25, 0.3) is 0 Å². The number of hydrogen-bond acceptors (Lipinski definition) is 2. The van der Waals surface area contributed by atoms with Crippen LogP contribution in [0.2, 0.25) is 0 Å². The third-order valence-electron chi connectivity index (χ3n) is 3.33. The van der Waals surface area contributed by atoms with Gasteiger partial charge in [0, 0.05) is 6.04 Å². The number of benzene rings is 1. The van der Waals surface area contributed by atoms with E-state index in [1.807, 2.05) is 6.07 Å². The second kappa shape index (κ2) is 8.16. The Morgan fingerprint density at radius 3 is 2.53 bits per heavy atom. The molecule has 0 amide bonds. The highest BCUT2D eigenvalue weighted by molar-refractivity contribution is 5.30. The molecule has 0 aromatic heterocycles. The zero-order valence-corrected chi connectivity index (χ0v) is 12.5. The Bertz CT molecular complexity index is 379. The molecule has 0 bridgehead atoms. The summed E-state index contributed by atoms with van der Waals surface area (Å²) in [7, 11) is 1.48. The second-order valence-corrected chi connectivity index (χ2v) is 5.46. The molecule has 0 aliphatic heterocycles. The van der Waals surface area contributed by atoms with E-state index in [2.05, 4.69) is 26.1 Å². The number of nitrogens with one attached hydrogen (secondary N) is 1. The van der Waals surface area contributed by atoms with E-state index in [1.165, 1.54) is 26.4 Å². The molecule has 0 aliphatic rings. The lowest BCUT2D eigenvalue weighted by molar-refractivity contribution is 0.385. The molecule has 1 aromatic carbocycles. The third-order valence-corrected chi connectivity index (χ3v) is 3.33. The van der Waals surface area contributed by atoms with E-state index >= 15 is 0 Å². The highest BCUT2D eigenvalue weighted by Crippen LogP contribution is 2.21. The van der Waals surface area contributed by atoms with Gasteiger partial charge in [-0.05, 0) is 43.5 Å². The average molecular weight is 267 g/mol. The number of hydrogen-bond donors (Lipinski definition) is 1. The smallest absolute Gasteiger partial charge is 0.165 e. The molecular formula is C16H26FNO. The predicted octanol–water partition coefficient (Wildman–Crippen LogP) is 4.31. The summed E-state index contributed by atoms with van der Waals surface area (Å²) >= 11 is 0. The molecule has 0 saturated heterocycles. The van der Waals surface area contributed by atoms with E-state index < -0.39 is 0 Å². The topological polar surface area (TPSA) is 21.3 Å². The van der Waals surface area contributed by atoms with Crippen molar-refractivity contribution < 1.29 is 9.13 Å². The molecule has 2 nitrogen and oxygen atoms in total. The van der Waals surface area contributed by atoms with E-state index in [9.17, 15) is 4.39 Å². The quantitative estimate of drug-likeness (QED) is 0.709. The highest BCUT2D eigenvalue weighted by atomic mass is 19.1. The van der Waals surface area contributed by atoms with Crippen molar-refractivity contribution >= 4 is 0 Å². The van der Waals surface area contributed by atoms with Crippen LogP contribution in [-0.4, -0.2) is 13.7 Å². The van der Waals surface area contributed by atoms with Crippen molar-refractivity contribution in [2.75, 3.05) is 13.7 Å². The monoisotopic (exact) mass is 267 g/mol. The van der Waals surface area contributed by atoms with E-state index in [4.69, 9.17) is 4.74 Å². The molecular weight excluding hydrogens is 241 g/mol. The Morgan fingerprint density at radius 2 is 1.95 bits per heavy atom. The molecule has 0 heterocycles. The minimum atomic E-state index is -0.298. The van der Waals surface area contributed by atoms with Crippen molar-refractivity contribution in [3.63, 3.8) is 0 Å². The molecule has 1 rings (SSSR count). The first-order chi connectivity index (χ1) is 9.04. The van der Waals surface area contributed by atoms with Gasteiger partial charge in [-0.3, -0.25) is 0 Å². The summed E-state index contributed by atoms with van der Waals surface area (Å²) in [6, 6.07) is 5.30. The lowest BCUT2D eigenvalue weighted by atomic mass is 10.1. The van der Waals surface area contributed by atoms with Gasteiger partial charge in [0.05, 0.1) is 7.11 Å². The normalized spacial score (nSPS) is 12.7. The van der Waals surface area contributed by atoms with Gasteiger partial charge in [-0.15, -0.1) is 0 Å². The zero-order valence-electron chi connectivity index (χ0n) is 12.5. The summed E-state index contributed by atoms with van der Waals surface area (Å²) in [5.74, 6) is 0.773. The van der Waals surface area contributed by atoms with Crippen molar-refractivity contribution in [3.8, 4) is 5.75 Å². The predicted molar refractivity (Wildman–Crippen MR) is 78.1 cm³/mol. The van der Waals surface area contributed by atoms with Gasteiger partial charge in [0.2, 0.25) is 0 Å². The minimum Gasteiger partial charge on any atom is -0.494 e. The summed E-state index contributed by atoms with van der Waals surface area (Å²) in [4.78, 5) is 0. The molecule has 0 saturated carbocycles. The van der Waals surface area contributed by atoms with Crippen LogP contribution < -0.4 is 10.1 Å². The van der Waals surface area contributed by atoms with Crippen molar-refractivity contribution in [1.82, 2.24) is 5.32 Å². The first-order valence-corrected chi connectivity index (χ1v) is 7.11. The molecule has 108 valence electrons. The molecule has 0 spiro atoms. The fourth-order valence-corrected chi connectivity index (χ4v) is 2.07. The molecule has 1 atom stereocenters. The van der Waals surface area contributed by atoms with Crippen LogP contribution in [-0.2, 0) is 0 Å². The number of halogens is 1. The van der Waals surface area contributed by atoms with Crippen molar-refractivity contribution in [2.45, 2.75) is 46.1 Å². The van der Waals surface area contributed by atoms with Gasteiger partial charge in [0.1, 0.15) is 0 Å². The van der Waals surface area contributed by atoms with E-state index in [-0.39, 0.29) is 11.9 Å². The maximum atomic E-state index is 13.6. The Kier molecular flexibility index (Phi) is 6.85. The van der Waals surface area contributed by atoms with Gasteiger partial charge < -0.3 is 10.1 Å². The molecule has 0 radical (unpaired) electrons. The maximum absolute atomic E-state index is 13.6. The number of ether oxygens (including phenoxy) is 1. The lowest BCUT2D eigenvalue weighted by Crippen LogP contribution is -2.20. The molecule has 1 N–H and O–H groups in total. The number of unbranched alkanes of at least 4 members (excludes halogenated alkanes) is 1. The lowest BCUT2D eigenvalue weighted by Gasteiger charge is -2.15. The summed E-state index contributed by atoms with van der Waals surface area (Å²) < 4.78 is 18.5. The number of methoxy groups -OCH3 is 1. The molecule has 1 unspecified atom stereocenters. The van der Waals surface area contributed by atoms with Gasteiger partial charge >= 0.3 is 0 Å². The Balaban J connectivity index is 2.37. The van der Waals surface area contributed by atoms with E-state index in [0.29, 0.717) is 5.75 Å². The zero-order chi connectivity index (χ0) is 14.3. The van der Waals surface area contributed by atoms with Crippen LogP contribution >= 0.6 is 0 Å². The molecule has 19 heavy (non-hydrogen) atoms. The van der Waals surface area contributed by atoms with Crippen LogP contribution in [0.15, 0.2) is 18.2 Å². The molecule has 3 heteroatoms. The van der Waals surface area contributed by atoms with Crippen molar-refractivity contribution in [2.24, 2.45) is 5.92 Å². The van der Waals surface area contributed by atoms with Crippen LogP contribution in [0.25, 0.3) is 0 Å². The van der Waals surface area contributed by atoms with Crippen molar-refractivity contribution in [3.05, 3.63) is 29.6 Å². The van der Waals surface area contributed by atoms with Crippen LogP contribution in [0.4, 0.5) is 4.39 Å². The first-order valence-electron chi connectivity index (χ1n) is 7.11. The van der Waals surface area contributed by atoms with Gasteiger partial charge in [0.15, 0.2) is 11.6 Å². The molecule has 0 fully saturated rings. The largest absolute Gasteiger partial charge is 0.494 e. The van der Waals surface area contributed by atoms with E-state index in [1.54, 1.807) is 12.1 Å². The van der Waals surface area contributed by atoms with Gasteiger partial charge in [-0.25, -0.2) is 4.39 Å². The maximum Gasteiger partial charge on any atom is 0.165 e. The Hall–Kier alpha value is -1.09. The standard InChI is InChI=1S/C16H26FNO/c1-12(2)7-5-6-10-18-13(3)14-8-9-16(19-4)15(17)11-14/h8-9,11-13,18H,5-7,10H2,1-4H3. The summed E-state index contributed by atoms with van der Waals surface area (Å²) in [5, 5.41) is 3.43. The summed E-state index contributed by atoms with van der Waals surface area (Å²) in [5.41, 5.74) is 0.960. The van der Waals surface area contributed by atoms with Crippen LogP contribution in [0.5, 0.6) is 5.75 Å². The fraction of sp³-hybridized carbons (Fsp3) is 0.625. The highest BCUT2D eigenvalue weighted by Gasteiger charge is 2.08. The average Bonchev–Trinajstić information content (AvgIpc) is 2.37. The second-order valence-electron chi connectivity index (χ2n) is 5.46.